The van der Waals surface area contributed by atoms with E-state index in [1.54, 1.807) is 30.8 Å². The number of fused-ring (bicyclic) bond motifs is 1. The second kappa shape index (κ2) is 5.88. The molecule has 0 spiro atoms. The molecule has 1 atom stereocenters. The first-order valence-corrected chi connectivity index (χ1v) is 8.96. The molecular formula is C13H17N3O3S2. The predicted octanol–water partition coefficient (Wildman–Crippen LogP) is 1.41. The molecule has 0 bridgehead atoms. The van der Waals surface area contributed by atoms with E-state index in [-0.39, 0.29) is 5.92 Å². The number of hydrogen-bond donors (Lipinski definition) is 0. The number of rotatable bonds is 4. The third kappa shape index (κ3) is 2.89. The quantitative estimate of drug-likeness (QED) is 0.852. The van der Waals surface area contributed by atoms with Gasteiger partial charge in [0.2, 0.25) is 0 Å². The van der Waals surface area contributed by atoms with Crippen LogP contribution in [0, 0.1) is 5.92 Å². The molecule has 3 rings (SSSR count). The zero-order chi connectivity index (χ0) is 14.9. The molecule has 0 radical (unpaired) electrons. The van der Waals surface area contributed by atoms with E-state index in [2.05, 4.69) is 4.98 Å². The number of imidazole rings is 1. The Labute approximate surface area is 128 Å². The highest BCUT2D eigenvalue weighted by Gasteiger charge is 2.32. The van der Waals surface area contributed by atoms with E-state index in [1.807, 2.05) is 10.8 Å². The number of methoxy groups -OCH3 is 1. The number of sulfonamides is 1. The maximum Gasteiger partial charge on any atom is 0.252 e. The van der Waals surface area contributed by atoms with Crippen molar-refractivity contribution in [3.8, 4) is 0 Å². The molecular weight excluding hydrogens is 310 g/mol. The summed E-state index contributed by atoms with van der Waals surface area (Å²) in [5.74, 6) is 0.883. The van der Waals surface area contributed by atoms with Crippen molar-refractivity contribution in [3.05, 3.63) is 35.7 Å². The highest BCUT2D eigenvalue weighted by Crippen LogP contribution is 2.25. The molecule has 0 amide bonds. The fourth-order valence-electron chi connectivity index (χ4n) is 2.57. The van der Waals surface area contributed by atoms with Crippen LogP contribution in [0.4, 0.5) is 0 Å². The van der Waals surface area contributed by atoms with Gasteiger partial charge in [0, 0.05) is 38.5 Å². The minimum atomic E-state index is -3.47. The normalized spacial score (nSPS) is 20.1. The molecule has 0 saturated heterocycles. The van der Waals surface area contributed by atoms with Crippen LogP contribution in [-0.2, 0) is 27.8 Å². The van der Waals surface area contributed by atoms with Gasteiger partial charge in [-0.2, -0.15) is 4.31 Å². The Hall–Kier alpha value is -1.22. The van der Waals surface area contributed by atoms with E-state index < -0.39 is 10.0 Å². The second-order valence-electron chi connectivity index (χ2n) is 5.05. The molecule has 21 heavy (non-hydrogen) atoms. The van der Waals surface area contributed by atoms with Gasteiger partial charge in [0.15, 0.2) is 0 Å². The van der Waals surface area contributed by atoms with Crippen molar-refractivity contribution in [3.63, 3.8) is 0 Å². The van der Waals surface area contributed by atoms with E-state index in [0.717, 1.165) is 12.4 Å². The van der Waals surface area contributed by atoms with Crippen LogP contribution in [0.25, 0.3) is 0 Å². The van der Waals surface area contributed by atoms with Gasteiger partial charge in [0.05, 0.1) is 13.2 Å². The van der Waals surface area contributed by atoms with Crippen molar-refractivity contribution in [2.24, 2.45) is 5.92 Å². The number of aromatic nitrogens is 2. The van der Waals surface area contributed by atoms with Crippen LogP contribution < -0.4 is 0 Å². The van der Waals surface area contributed by atoms with Crippen molar-refractivity contribution in [2.45, 2.75) is 17.3 Å². The van der Waals surface area contributed by atoms with Crippen molar-refractivity contribution >= 4 is 21.4 Å². The SMILES string of the molecule is COC[C@H]1CN(S(=O)(=O)c2cccs2)Cc2nccn2C1. The van der Waals surface area contributed by atoms with E-state index >= 15 is 0 Å². The van der Waals surface area contributed by atoms with Crippen LogP contribution in [0.3, 0.4) is 0 Å². The summed E-state index contributed by atoms with van der Waals surface area (Å²) in [6.45, 7) is 1.98. The van der Waals surface area contributed by atoms with Gasteiger partial charge >= 0.3 is 0 Å². The molecule has 114 valence electrons. The van der Waals surface area contributed by atoms with E-state index in [1.165, 1.54) is 15.6 Å². The first kappa shape index (κ1) is 14.7. The fraction of sp³-hybridized carbons (Fsp3) is 0.462. The predicted molar refractivity (Wildman–Crippen MR) is 79.5 cm³/mol. The molecule has 1 aliphatic rings. The van der Waals surface area contributed by atoms with Gasteiger partial charge in [-0.05, 0) is 11.4 Å². The van der Waals surface area contributed by atoms with Crippen molar-refractivity contribution in [2.75, 3.05) is 20.3 Å². The van der Waals surface area contributed by atoms with Crippen LogP contribution >= 0.6 is 11.3 Å². The Bertz CT molecular complexity index is 694. The summed E-state index contributed by atoms with van der Waals surface area (Å²) in [6, 6.07) is 3.39. The summed E-state index contributed by atoms with van der Waals surface area (Å²) in [4.78, 5) is 4.28. The number of thiophene rings is 1. The molecule has 0 saturated carbocycles. The first-order valence-electron chi connectivity index (χ1n) is 6.64. The van der Waals surface area contributed by atoms with Crippen LogP contribution in [0.5, 0.6) is 0 Å². The highest BCUT2D eigenvalue weighted by atomic mass is 32.2. The van der Waals surface area contributed by atoms with Crippen LogP contribution in [-0.4, -0.2) is 42.5 Å². The molecule has 8 heteroatoms. The molecule has 0 aliphatic carbocycles. The number of hydrogen-bond acceptors (Lipinski definition) is 5. The van der Waals surface area contributed by atoms with Gasteiger partial charge in [0.25, 0.3) is 10.0 Å². The summed E-state index contributed by atoms with van der Waals surface area (Å²) in [5, 5.41) is 1.78. The van der Waals surface area contributed by atoms with Gasteiger partial charge in [0.1, 0.15) is 10.0 Å². The zero-order valence-corrected chi connectivity index (χ0v) is 13.3. The molecule has 0 aromatic carbocycles. The Morgan fingerprint density at radius 3 is 3.05 bits per heavy atom. The average molecular weight is 327 g/mol. The second-order valence-corrected chi connectivity index (χ2v) is 8.16. The minimum absolute atomic E-state index is 0.111. The number of nitrogens with zero attached hydrogens (tertiary/aromatic N) is 3. The monoisotopic (exact) mass is 327 g/mol. The largest absolute Gasteiger partial charge is 0.384 e. The summed E-state index contributed by atoms with van der Waals surface area (Å²) in [5.41, 5.74) is 0. The van der Waals surface area contributed by atoms with Gasteiger partial charge in [-0.1, -0.05) is 6.07 Å². The maximum absolute atomic E-state index is 12.7. The molecule has 0 fully saturated rings. The average Bonchev–Trinajstić information content (AvgIpc) is 3.08. The van der Waals surface area contributed by atoms with Crippen LogP contribution in [0.2, 0.25) is 0 Å². The lowest BCUT2D eigenvalue weighted by Gasteiger charge is -2.22. The molecule has 2 aromatic rings. The fourth-order valence-corrected chi connectivity index (χ4v) is 5.18. The van der Waals surface area contributed by atoms with Crippen LogP contribution in [0.1, 0.15) is 5.82 Å². The topological polar surface area (TPSA) is 64.4 Å². The molecule has 3 heterocycles. The van der Waals surface area contributed by atoms with E-state index in [0.29, 0.717) is 23.9 Å². The minimum Gasteiger partial charge on any atom is -0.384 e. The summed E-state index contributed by atoms with van der Waals surface area (Å²) >= 11 is 1.24. The smallest absolute Gasteiger partial charge is 0.252 e. The number of ether oxygens (including phenoxy) is 1. The lowest BCUT2D eigenvalue weighted by Crippen LogP contribution is -2.35. The van der Waals surface area contributed by atoms with Crippen molar-refractivity contribution in [1.82, 2.24) is 13.9 Å². The first-order chi connectivity index (χ1) is 10.1. The van der Waals surface area contributed by atoms with Crippen molar-refractivity contribution in [1.29, 1.82) is 0 Å². The molecule has 2 aromatic heterocycles. The summed E-state index contributed by atoms with van der Waals surface area (Å²) < 4.78 is 34.6. The molecule has 0 N–H and O–H groups in total. The maximum atomic E-state index is 12.7. The highest BCUT2D eigenvalue weighted by molar-refractivity contribution is 7.91. The van der Waals surface area contributed by atoms with Gasteiger partial charge in [-0.3, -0.25) is 0 Å². The van der Waals surface area contributed by atoms with Gasteiger partial charge < -0.3 is 9.30 Å². The Balaban J connectivity index is 1.94. The Morgan fingerprint density at radius 1 is 1.48 bits per heavy atom. The van der Waals surface area contributed by atoms with Gasteiger partial charge in [-0.15, -0.1) is 11.3 Å². The van der Waals surface area contributed by atoms with Gasteiger partial charge in [-0.25, -0.2) is 13.4 Å². The van der Waals surface area contributed by atoms with E-state index in [9.17, 15) is 8.42 Å². The van der Waals surface area contributed by atoms with E-state index in [4.69, 9.17) is 4.74 Å². The molecule has 0 unspecified atom stereocenters. The third-order valence-corrected chi connectivity index (χ3v) is 6.71. The standard InChI is InChI=1S/C13H17N3O3S2/c1-19-10-11-7-15-5-4-14-12(15)9-16(8-11)21(17,18)13-3-2-6-20-13/h2-6,11H,7-10H2,1H3/t11-/m1/s1. The summed E-state index contributed by atoms with van der Waals surface area (Å²) in [6.07, 6.45) is 3.60. The molecule has 1 aliphatic heterocycles. The lowest BCUT2D eigenvalue weighted by atomic mass is 10.1. The Kier molecular flexibility index (Phi) is 4.12. The molecule has 6 nitrogen and oxygen atoms in total. The third-order valence-electron chi connectivity index (χ3n) is 3.53. The van der Waals surface area contributed by atoms with Crippen molar-refractivity contribution < 1.29 is 13.2 Å². The van der Waals surface area contributed by atoms with Crippen LogP contribution in [0.15, 0.2) is 34.1 Å². The lowest BCUT2D eigenvalue weighted by molar-refractivity contribution is 0.135. The zero-order valence-electron chi connectivity index (χ0n) is 11.7. The summed E-state index contributed by atoms with van der Waals surface area (Å²) in [7, 11) is -1.83. The Morgan fingerprint density at radius 2 is 2.33 bits per heavy atom.